The third-order valence-corrected chi connectivity index (χ3v) is 4.77. The maximum Gasteiger partial charge on any atom is 0.441 e. The molecule has 0 bridgehead atoms. The first-order chi connectivity index (χ1) is 9.74. The van der Waals surface area contributed by atoms with Crippen molar-refractivity contribution in [2.24, 2.45) is 0 Å². The lowest BCUT2D eigenvalue weighted by atomic mass is 10.1. The predicted octanol–water partition coefficient (Wildman–Crippen LogP) is 1.98. The van der Waals surface area contributed by atoms with E-state index < -0.39 is 15.5 Å². The number of alkyl halides is 3. The number of likely N-dealkylation sites (N-methyl/N-ethyl adjacent to an activating group) is 1. The highest BCUT2D eigenvalue weighted by Crippen LogP contribution is 2.29. The number of hydrogen-bond acceptors (Lipinski definition) is 4. The summed E-state index contributed by atoms with van der Waals surface area (Å²) < 4.78 is 61.7. The van der Waals surface area contributed by atoms with Crippen LogP contribution in [0.15, 0.2) is 29.2 Å². The van der Waals surface area contributed by atoms with Crippen LogP contribution in [-0.2, 0) is 16.4 Å². The minimum absolute atomic E-state index is 0.0488. The van der Waals surface area contributed by atoms with Gasteiger partial charge in [-0.25, -0.2) is 13.1 Å². The van der Waals surface area contributed by atoms with Gasteiger partial charge in [0.2, 0.25) is 10.0 Å². The number of sulfonamides is 1. The second kappa shape index (κ2) is 8.02. The minimum atomic E-state index is -4.35. The predicted molar refractivity (Wildman–Crippen MR) is 77.8 cm³/mol. The summed E-state index contributed by atoms with van der Waals surface area (Å²) in [6.45, 7) is 0.507. The van der Waals surface area contributed by atoms with Crippen LogP contribution in [0.4, 0.5) is 13.2 Å². The largest absolute Gasteiger partial charge is 0.441 e. The standard InChI is InChI=1S/C12H17F3N2O2S2/c1-16-7-6-10-2-4-11(5-3-10)21(18,19)17-8-9-20-12(13,14)15/h2-5,16-17H,6-9H2,1H3. The van der Waals surface area contributed by atoms with Crippen LogP contribution in [0.3, 0.4) is 0 Å². The number of thioether (sulfide) groups is 1. The lowest BCUT2D eigenvalue weighted by Crippen LogP contribution is -2.26. The van der Waals surface area contributed by atoms with Gasteiger partial charge in [-0.3, -0.25) is 0 Å². The van der Waals surface area contributed by atoms with E-state index in [0.717, 1.165) is 18.5 Å². The zero-order valence-corrected chi connectivity index (χ0v) is 13.0. The van der Waals surface area contributed by atoms with E-state index in [4.69, 9.17) is 0 Å². The molecule has 0 aliphatic rings. The summed E-state index contributed by atoms with van der Waals surface area (Å²) in [7, 11) is -1.94. The zero-order chi connectivity index (χ0) is 15.9. The van der Waals surface area contributed by atoms with E-state index in [9.17, 15) is 21.6 Å². The van der Waals surface area contributed by atoms with Gasteiger partial charge in [0, 0.05) is 12.3 Å². The van der Waals surface area contributed by atoms with Crippen molar-refractivity contribution in [1.29, 1.82) is 0 Å². The van der Waals surface area contributed by atoms with E-state index in [1.54, 1.807) is 12.1 Å². The molecule has 0 aliphatic carbocycles. The summed E-state index contributed by atoms with van der Waals surface area (Å²) in [5.41, 5.74) is -3.36. The molecule has 21 heavy (non-hydrogen) atoms. The Hall–Kier alpha value is -0.770. The number of hydrogen-bond donors (Lipinski definition) is 2. The van der Waals surface area contributed by atoms with Crippen LogP contribution in [0.25, 0.3) is 0 Å². The molecule has 0 spiro atoms. The molecule has 0 atom stereocenters. The Morgan fingerprint density at radius 2 is 1.76 bits per heavy atom. The van der Waals surface area contributed by atoms with Gasteiger partial charge in [0.05, 0.1) is 4.90 Å². The molecule has 0 radical (unpaired) electrons. The average molecular weight is 342 g/mol. The van der Waals surface area contributed by atoms with Crippen LogP contribution in [0.2, 0.25) is 0 Å². The molecule has 120 valence electrons. The monoisotopic (exact) mass is 342 g/mol. The third-order valence-electron chi connectivity index (χ3n) is 2.56. The Labute approximate surface area is 126 Å². The molecule has 0 heterocycles. The summed E-state index contributed by atoms with van der Waals surface area (Å²) in [5.74, 6) is -0.358. The molecular weight excluding hydrogens is 325 g/mol. The first-order valence-electron chi connectivity index (χ1n) is 6.18. The molecule has 1 aromatic rings. The highest BCUT2D eigenvalue weighted by atomic mass is 32.2. The Morgan fingerprint density at radius 3 is 2.29 bits per heavy atom. The van der Waals surface area contributed by atoms with Crippen LogP contribution < -0.4 is 10.0 Å². The molecule has 2 N–H and O–H groups in total. The number of benzene rings is 1. The van der Waals surface area contributed by atoms with Crippen LogP contribution in [0, 0.1) is 0 Å². The van der Waals surface area contributed by atoms with E-state index in [1.165, 1.54) is 12.1 Å². The molecule has 0 aromatic heterocycles. The highest BCUT2D eigenvalue weighted by molar-refractivity contribution is 8.00. The van der Waals surface area contributed by atoms with Gasteiger partial charge in [-0.1, -0.05) is 12.1 Å². The van der Waals surface area contributed by atoms with Gasteiger partial charge in [0.25, 0.3) is 0 Å². The zero-order valence-electron chi connectivity index (χ0n) is 11.4. The highest BCUT2D eigenvalue weighted by Gasteiger charge is 2.27. The molecule has 1 aromatic carbocycles. The molecule has 4 nitrogen and oxygen atoms in total. The Balaban J connectivity index is 2.54. The third kappa shape index (κ3) is 7.16. The lowest BCUT2D eigenvalue weighted by molar-refractivity contribution is -0.0327. The Kier molecular flexibility index (Phi) is 6.98. The first-order valence-corrected chi connectivity index (χ1v) is 8.65. The minimum Gasteiger partial charge on any atom is -0.319 e. The quantitative estimate of drug-likeness (QED) is 0.710. The molecule has 0 amide bonds. The maximum atomic E-state index is 11.9. The summed E-state index contributed by atoms with van der Waals surface area (Å²) in [6, 6.07) is 6.28. The fraction of sp³-hybridized carbons (Fsp3) is 0.500. The second-order valence-electron chi connectivity index (χ2n) is 4.19. The molecule has 1 rings (SSSR count). The van der Waals surface area contributed by atoms with Crippen molar-refractivity contribution < 1.29 is 21.6 Å². The van der Waals surface area contributed by atoms with Crippen molar-refractivity contribution in [1.82, 2.24) is 10.0 Å². The molecule has 0 aliphatic heterocycles. The van der Waals surface area contributed by atoms with Gasteiger partial charge in [-0.2, -0.15) is 13.2 Å². The van der Waals surface area contributed by atoms with E-state index in [0.29, 0.717) is 0 Å². The number of nitrogens with one attached hydrogen (secondary N) is 2. The van der Waals surface area contributed by atoms with Crippen LogP contribution in [-0.4, -0.2) is 39.8 Å². The molecule has 9 heteroatoms. The van der Waals surface area contributed by atoms with Crippen molar-refractivity contribution >= 4 is 21.8 Å². The van der Waals surface area contributed by atoms with E-state index in [1.807, 2.05) is 7.05 Å². The van der Waals surface area contributed by atoms with Gasteiger partial charge in [-0.15, -0.1) is 0 Å². The number of halogens is 3. The van der Waals surface area contributed by atoms with E-state index in [-0.39, 0.29) is 29.0 Å². The van der Waals surface area contributed by atoms with Gasteiger partial charge in [0.15, 0.2) is 0 Å². The van der Waals surface area contributed by atoms with E-state index in [2.05, 4.69) is 10.0 Å². The summed E-state index contributed by atoms with van der Waals surface area (Å²) in [4.78, 5) is 0.0488. The fourth-order valence-electron chi connectivity index (χ4n) is 1.53. The van der Waals surface area contributed by atoms with Crippen molar-refractivity contribution in [2.45, 2.75) is 16.8 Å². The Morgan fingerprint density at radius 1 is 1.14 bits per heavy atom. The molecule has 0 saturated heterocycles. The van der Waals surface area contributed by atoms with Crippen molar-refractivity contribution in [3.63, 3.8) is 0 Å². The van der Waals surface area contributed by atoms with Crippen LogP contribution in [0.5, 0.6) is 0 Å². The lowest BCUT2D eigenvalue weighted by Gasteiger charge is -2.09. The summed E-state index contributed by atoms with van der Waals surface area (Å²) in [5, 5.41) is 2.98. The van der Waals surface area contributed by atoms with Gasteiger partial charge in [-0.05, 0) is 49.5 Å². The molecule has 0 saturated carbocycles. The SMILES string of the molecule is CNCCc1ccc(S(=O)(=O)NCCSC(F)(F)F)cc1. The summed E-state index contributed by atoms with van der Waals surface area (Å²) >= 11 is -0.253. The smallest absolute Gasteiger partial charge is 0.319 e. The van der Waals surface area contributed by atoms with Gasteiger partial charge in [0.1, 0.15) is 0 Å². The maximum absolute atomic E-state index is 11.9. The van der Waals surface area contributed by atoms with E-state index >= 15 is 0 Å². The normalized spacial score (nSPS) is 12.6. The van der Waals surface area contributed by atoms with Crippen molar-refractivity contribution in [3.8, 4) is 0 Å². The Bertz CT molecular complexity index is 530. The van der Waals surface area contributed by atoms with Crippen LogP contribution >= 0.6 is 11.8 Å². The van der Waals surface area contributed by atoms with Gasteiger partial charge < -0.3 is 5.32 Å². The molecule has 0 fully saturated rings. The summed E-state index contributed by atoms with van der Waals surface area (Å²) in [6.07, 6.45) is 0.770. The fourth-order valence-corrected chi connectivity index (χ4v) is 3.13. The molecular formula is C12H17F3N2O2S2. The first kappa shape index (κ1) is 18.3. The second-order valence-corrected chi connectivity index (χ2v) is 7.12. The van der Waals surface area contributed by atoms with Gasteiger partial charge >= 0.3 is 5.51 Å². The number of rotatable bonds is 8. The van der Waals surface area contributed by atoms with Crippen LogP contribution in [0.1, 0.15) is 5.56 Å². The topological polar surface area (TPSA) is 58.2 Å². The molecule has 0 unspecified atom stereocenters. The van der Waals surface area contributed by atoms with Crippen molar-refractivity contribution in [2.75, 3.05) is 25.9 Å². The average Bonchev–Trinajstić information content (AvgIpc) is 2.41. The van der Waals surface area contributed by atoms with Crippen molar-refractivity contribution in [3.05, 3.63) is 29.8 Å².